The molecule has 0 fully saturated rings. The van der Waals surface area contributed by atoms with E-state index in [4.69, 9.17) is 15.2 Å². The summed E-state index contributed by atoms with van der Waals surface area (Å²) >= 11 is 0. The SMILES string of the molecule is COc1ccc(Oc2cccc(CN)c2)c([N+](=O)[O-])c1. The van der Waals surface area contributed by atoms with Crippen LogP contribution in [0.5, 0.6) is 17.2 Å². The van der Waals surface area contributed by atoms with Gasteiger partial charge in [-0.25, -0.2) is 0 Å². The Kier molecular flexibility index (Phi) is 4.17. The maximum absolute atomic E-state index is 11.1. The Hall–Kier alpha value is -2.60. The van der Waals surface area contributed by atoms with Crippen molar-refractivity contribution >= 4 is 5.69 Å². The average Bonchev–Trinajstić information content (AvgIpc) is 2.47. The highest BCUT2D eigenvalue weighted by Gasteiger charge is 2.17. The molecule has 0 unspecified atom stereocenters. The van der Waals surface area contributed by atoms with Crippen molar-refractivity contribution in [3.05, 3.63) is 58.1 Å². The quantitative estimate of drug-likeness (QED) is 0.669. The Bertz CT molecular complexity index is 628. The summed E-state index contributed by atoms with van der Waals surface area (Å²) in [5.41, 5.74) is 6.28. The van der Waals surface area contributed by atoms with Gasteiger partial charge < -0.3 is 15.2 Å². The minimum Gasteiger partial charge on any atom is -0.496 e. The highest BCUT2D eigenvalue weighted by atomic mass is 16.6. The van der Waals surface area contributed by atoms with Crippen LogP contribution in [0.15, 0.2) is 42.5 Å². The van der Waals surface area contributed by atoms with Gasteiger partial charge in [-0.05, 0) is 29.8 Å². The van der Waals surface area contributed by atoms with Gasteiger partial charge in [0.25, 0.3) is 0 Å². The molecule has 6 heteroatoms. The molecule has 0 aliphatic carbocycles. The Morgan fingerprint density at radius 2 is 2.00 bits per heavy atom. The zero-order chi connectivity index (χ0) is 14.5. The molecule has 104 valence electrons. The maximum atomic E-state index is 11.1. The Morgan fingerprint density at radius 1 is 1.20 bits per heavy atom. The van der Waals surface area contributed by atoms with E-state index >= 15 is 0 Å². The summed E-state index contributed by atoms with van der Waals surface area (Å²) < 4.78 is 10.5. The van der Waals surface area contributed by atoms with Crippen LogP contribution in [0.4, 0.5) is 5.69 Å². The van der Waals surface area contributed by atoms with E-state index in [1.165, 1.54) is 19.2 Å². The van der Waals surface area contributed by atoms with E-state index in [2.05, 4.69) is 0 Å². The van der Waals surface area contributed by atoms with Crippen LogP contribution in [0.25, 0.3) is 0 Å². The van der Waals surface area contributed by atoms with E-state index in [-0.39, 0.29) is 11.4 Å². The molecule has 2 N–H and O–H groups in total. The fraction of sp³-hybridized carbons (Fsp3) is 0.143. The highest BCUT2D eigenvalue weighted by Crippen LogP contribution is 2.34. The van der Waals surface area contributed by atoms with Crippen molar-refractivity contribution in [3.63, 3.8) is 0 Å². The van der Waals surface area contributed by atoms with Gasteiger partial charge >= 0.3 is 5.69 Å². The van der Waals surface area contributed by atoms with E-state index in [0.717, 1.165) is 5.56 Å². The van der Waals surface area contributed by atoms with Crippen LogP contribution in [-0.4, -0.2) is 12.0 Å². The molecule has 0 aliphatic heterocycles. The fourth-order valence-electron chi connectivity index (χ4n) is 1.72. The lowest BCUT2D eigenvalue weighted by Gasteiger charge is -2.08. The van der Waals surface area contributed by atoms with Crippen LogP contribution in [0, 0.1) is 10.1 Å². The van der Waals surface area contributed by atoms with Gasteiger partial charge in [0.15, 0.2) is 0 Å². The lowest BCUT2D eigenvalue weighted by atomic mass is 10.2. The smallest absolute Gasteiger partial charge is 0.315 e. The molecule has 0 saturated carbocycles. The molecule has 0 bridgehead atoms. The minimum atomic E-state index is -0.509. The lowest BCUT2D eigenvalue weighted by Crippen LogP contribution is -1.97. The summed E-state index contributed by atoms with van der Waals surface area (Å²) in [5, 5.41) is 11.1. The molecule has 0 atom stereocenters. The van der Waals surface area contributed by atoms with Crippen LogP contribution >= 0.6 is 0 Å². The molecule has 0 spiro atoms. The number of nitro groups is 1. The van der Waals surface area contributed by atoms with E-state index < -0.39 is 4.92 Å². The van der Waals surface area contributed by atoms with Crippen LogP contribution in [0.3, 0.4) is 0 Å². The second kappa shape index (κ2) is 6.03. The van der Waals surface area contributed by atoms with Crippen LogP contribution in [0.1, 0.15) is 5.56 Å². The molecule has 0 aromatic heterocycles. The number of hydrogen-bond donors (Lipinski definition) is 1. The zero-order valence-corrected chi connectivity index (χ0v) is 10.9. The van der Waals surface area contributed by atoms with Gasteiger partial charge in [0, 0.05) is 6.54 Å². The molecule has 0 heterocycles. The summed E-state index contributed by atoms with van der Waals surface area (Å²) in [6.07, 6.45) is 0. The summed E-state index contributed by atoms with van der Waals surface area (Å²) in [7, 11) is 1.45. The number of nitrogens with two attached hydrogens (primary N) is 1. The van der Waals surface area contributed by atoms with Crippen LogP contribution < -0.4 is 15.2 Å². The number of methoxy groups -OCH3 is 1. The van der Waals surface area contributed by atoms with Crippen molar-refractivity contribution < 1.29 is 14.4 Å². The summed E-state index contributed by atoms with van der Waals surface area (Å²) in [6, 6.07) is 11.5. The highest BCUT2D eigenvalue weighted by molar-refractivity contribution is 5.52. The first-order chi connectivity index (χ1) is 9.63. The molecular formula is C14H14N2O4. The van der Waals surface area contributed by atoms with Crippen molar-refractivity contribution in [2.45, 2.75) is 6.54 Å². The maximum Gasteiger partial charge on any atom is 0.315 e. The fourth-order valence-corrected chi connectivity index (χ4v) is 1.72. The van der Waals surface area contributed by atoms with Crippen LogP contribution in [-0.2, 0) is 6.54 Å². The third kappa shape index (κ3) is 3.04. The van der Waals surface area contributed by atoms with Gasteiger partial charge in [0.1, 0.15) is 11.5 Å². The molecule has 0 aliphatic rings. The summed E-state index contributed by atoms with van der Waals surface area (Å²) in [6.45, 7) is 0.377. The van der Waals surface area contributed by atoms with E-state index in [1.54, 1.807) is 24.3 Å². The van der Waals surface area contributed by atoms with Crippen molar-refractivity contribution in [2.24, 2.45) is 5.73 Å². The number of ether oxygens (including phenoxy) is 2. The predicted molar refractivity (Wildman–Crippen MR) is 74.1 cm³/mol. The van der Waals surface area contributed by atoms with Crippen molar-refractivity contribution in [3.8, 4) is 17.2 Å². The topological polar surface area (TPSA) is 87.6 Å². The monoisotopic (exact) mass is 274 g/mol. The van der Waals surface area contributed by atoms with Crippen molar-refractivity contribution in [2.75, 3.05) is 7.11 Å². The Balaban J connectivity index is 2.34. The molecule has 2 aromatic carbocycles. The van der Waals surface area contributed by atoms with Crippen molar-refractivity contribution in [1.82, 2.24) is 0 Å². The van der Waals surface area contributed by atoms with Gasteiger partial charge in [-0.15, -0.1) is 0 Å². The van der Waals surface area contributed by atoms with E-state index in [1.807, 2.05) is 6.07 Å². The molecule has 6 nitrogen and oxygen atoms in total. The summed E-state index contributed by atoms with van der Waals surface area (Å²) in [4.78, 5) is 10.5. The molecular weight excluding hydrogens is 260 g/mol. The zero-order valence-electron chi connectivity index (χ0n) is 10.9. The Labute approximate surface area is 115 Å². The molecule has 2 rings (SSSR count). The number of hydrogen-bond acceptors (Lipinski definition) is 5. The van der Waals surface area contributed by atoms with E-state index in [0.29, 0.717) is 18.0 Å². The third-order valence-electron chi connectivity index (χ3n) is 2.72. The molecule has 0 saturated heterocycles. The van der Waals surface area contributed by atoms with E-state index in [9.17, 15) is 10.1 Å². The molecule has 0 amide bonds. The van der Waals surface area contributed by atoms with Gasteiger partial charge in [-0.1, -0.05) is 12.1 Å². The minimum absolute atomic E-state index is 0.150. The molecule has 20 heavy (non-hydrogen) atoms. The van der Waals surface area contributed by atoms with Gasteiger partial charge in [-0.3, -0.25) is 10.1 Å². The predicted octanol–water partition coefficient (Wildman–Crippen LogP) is 2.85. The lowest BCUT2D eigenvalue weighted by molar-refractivity contribution is -0.385. The van der Waals surface area contributed by atoms with Gasteiger partial charge in [0.2, 0.25) is 5.75 Å². The number of benzene rings is 2. The number of nitro benzene ring substituents is 1. The van der Waals surface area contributed by atoms with Crippen LogP contribution in [0.2, 0.25) is 0 Å². The number of rotatable bonds is 5. The average molecular weight is 274 g/mol. The standard InChI is InChI=1S/C14H14N2O4/c1-19-11-5-6-14(13(8-11)16(17)18)20-12-4-2-3-10(7-12)9-15/h2-8H,9,15H2,1H3. The van der Waals surface area contributed by atoms with Gasteiger partial charge in [0.05, 0.1) is 18.1 Å². The van der Waals surface area contributed by atoms with Gasteiger partial charge in [-0.2, -0.15) is 0 Å². The normalized spacial score (nSPS) is 10.1. The second-order valence-electron chi connectivity index (χ2n) is 4.04. The second-order valence-corrected chi connectivity index (χ2v) is 4.04. The first-order valence-corrected chi connectivity index (χ1v) is 5.93. The Morgan fingerprint density at radius 3 is 2.65 bits per heavy atom. The third-order valence-corrected chi connectivity index (χ3v) is 2.72. The molecule has 2 aromatic rings. The summed E-state index contributed by atoms with van der Waals surface area (Å²) in [5.74, 6) is 1.06. The first-order valence-electron chi connectivity index (χ1n) is 5.93. The van der Waals surface area contributed by atoms with Crippen molar-refractivity contribution in [1.29, 1.82) is 0 Å². The number of nitrogens with zero attached hydrogens (tertiary/aromatic N) is 1. The molecule has 0 radical (unpaired) electrons. The largest absolute Gasteiger partial charge is 0.496 e. The first kappa shape index (κ1) is 13.8.